The molecule has 318 valence electrons. The Hall–Kier alpha value is -5.80. The highest BCUT2D eigenvalue weighted by Gasteiger charge is 2.31. The molecule has 0 fully saturated rings. The van der Waals surface area contributed by atoms with Crippen LogP contribution >= 0.6 is 11.8 Å². The van der Waals surface area contributed by atoms with E-state index in [1.165, 1.54) is 24.5 Å². The summed E-state index contributed by atoms with van der Waals surface area (Å²) in [6, 6.07) is 2.94. The van der Waals surface area contributed by atoms with Crippen LogP contribution in [0.4, 0.5) is 0 Å². The van der Waals surface area contributed by atoms with Gasteiger partial charge in [0.2, 0.25) is 41.4 Å². The fourth-order valence-corrected chi connectivity index (χ4v) is 5.90. The lowest BCUT2D eigenvalue weighted by Gasteiger charge is -2.25. The summed E-state index contributed by atoms with van der Waals surface area (Å²) in [6.45, 7) is 3.92. The van der Waals surface area contributed by atoms with E-state index in [2.05, 4.69) is 31.6 Å². The fourth-order valence-electron chi connectivity index (χ4n) is 5.05. The Labute approximate surface area is 339 Å². The second-order valence-corrected chi connectivity index (χ2v) is 14.6. The third-order valence-electron chi connectivity index (χ3n) is 8.72. The maximum Gasteiger partial charge on any atom is 0.341 e. The fraction of sp³-hybridized carbons (Fsp3) is 0.486. The lowest BCUT2D eigenvalue weighted by molar-refractivity contribution is -0.139. The third kappa shape index (κ3) is 17.1. The van der Waals surface area contributed by atoms with Crippen LogP contribution in [0.15, 0.2) is 48.8 Å². The first-order valence-corrected chi connectivity index (χ1v) is 19.4. The van der Waals surface area contributed by atoms with E-state index in [1.807, 2.05) is 0 Å². The number of amides is 7. The molecule has 0 saturated heterocycles. The normalized spacial score (nSPS) is 14.0. The van der Waals surface area contributed by atoms with Gasteiger partial charge in [-0.2, -0.15) is 0 Å². The van der Waals surface area contributed by atoms with E-state index in [1.54, 1.807) is 45.0 Å². The van der Waals surface area contributed by atoms with E-state index in [-0.39, 0.29) is 49.0 Å². The number of carbonyl (C=O) groups excluding carboxylic acids is 7. The molecule has 0 radical (unpaired) electrons. The summed E-state index contributed by atoms with van der Waals surface area (Å²) >= 11 is 0.880. The maximum absolute atomic E-state index is 13.6. The number of thioether (sulfide) groups is 1. The minimum absolute atomic E-state index is 0.000378. The topological polar surface area (TPSA) is 337 Å². The molecule has 20 nitrogen and oxygen atoms in total. The second-order valence-electron chi connectivity index (χ2n) is 13.6. The summed E-state index contributed by atoms with van der Waals surface area (Å²) in [5.41, 5.74) is 17.8. The van der Waals surface area contributed by atoms with E-state index >= 15 is 0 Å². The van der Waals surface area contributed by atoms with E-state index in [9.17, 15) is 43.5 Å². The summed E-state index contributed by atoms with van der Waals surface area (Å²) in [4.78, 5) is 105. The van der Waals surface area contributed by atoms with E-state index in [4.69, 9.17) is 27.0 Å². The number of hydrogen-bond acceptors (Lipinski definition) is 13. The average Bonchev–Trinajstić information content (AvgIpc) is 3.18. The Morgan fingerprint density at radius 1 is 0.707 bits per heavy atom. The quantitative estimate of drug-likeness (QED) is 0.0455. The van der Waals surface area contributed by atoms with E-state index in [0.717, 1.165) is 11.8 Å². The number of hydrogen-bond donors (Lipinski definition) is 10. The van der Waals surface area contributed by atoms with Crippen LogP contribution in [0.5, 0.6) is 5.75 Å². The Morgan fingerprint density at radius 3 is 1.78 bits per heavy atom. The highest BCUT2D eigenvalue weighted by Crippen LogP contribution is 2.15. The van der Waals surface area contributed by atoms with Crippen molar-refractivity contribution in [3.8, 4) is 5.75 Å². The largest absolute Gasteiger partial charge is 0.482 e. The van der Waals surface area contributed by atoms with Crippen LogP contribution < -0.4 is 48.5 Å². The number of aliphatic hydroxyl groups is 1. The number of benzene rings is 1. The molecule has 0 saturated carbocycles. The van der Waals surface area contributed by atoms with Crippen molar-refractivity contribution < 1.29 is 53.3 Å². The second kappa shape index (κ2) is 24.8. The molecule has 58 heavy (non-hydrogen) atoms. The first-order chi connectivity index (χ1) is 27.4. The van der Waals surface area contributed by atoms with Crippen molar-refractivity contribution >= 4 is 59.1 Å². The van der Waals surface area contributed by atoms with Crippen LogP contribution in [0.2, 0.25) is 0 Å². The number of rotatable bonds is 26. The number of pyridine rings is 1. The molecule has 2 rings (SSSR count). The van der Waals surface area contributed by atoms with Gasteiger partial charge in [-0.05, 0) is 54.3 Å². The van der Waals surface area contributed by atoms with Gasteiger partial charge in [-0.3, -0.25) is 38.5 Å². The van der Waals surface area contributed by atoms with Crippen LogP contribution in [0.25, 0.3) is 0 Å². The van der Waals surface area contributed by atoms with Gasteiger partial charge in [0, 0.05) is 36.9 Å². The van der Waals surface area contributed by atoms with Crippen molar-refractivity contribution in [1.29, 1.82) is 0 Å². The summed E-state index contributed by atoms with van der Waals surface area (Å²) < 4.78 is 5.12. The lowest BCUT2D eigenvalue weighted by Crippen LogP contribution is -2.58. The first kappa shape index (κ1) is 48.3. The molecule has 21 heteroatoms. The van der Waals surface area contributed by atoms with Crippen molar-refractivity contribution in [3.05, 3.63) is 59.9 Å². The number of aliphatic hydroxyl groups excluding tert-OH is 1. The van der Waals surface area contributed by atoms with Gasteiger partial charge in [0.15, 0.2) is 6.61 Å². The number of primary amides is 2. The molecule has 0 unspecified atom stereocenters. The predicted octanol–water partition coefficient (Wildman–Crippen LogP) is -2.91. The summed E-state index contributed by atoms with van der Waals surface area (Å²) in [5.74, 6) is -7.47. The van der Waals surface area contributed by atoms with Gasteiger partial charge < -0.3 is 58.7 Å². The lowest BCUT2D eigenvalue weighted by atomic mass is 9.97. The molecule has 6 atom stereocenters. The van der Waals surface area contributed by atoms with Crippen LogP contribution in [0, 0.1) is 11.8 Å². The minimum Gasteiger partial charge on any atom is -0.482 e. The molecule has 13 N–H and O–H groups in total. The van der Waals surface area contributed by atoms with Gasteiger partial charge in [-0.1, -0.05) is 32.9 Å². The number of nitrogens with one attached hydrogen (secondary N) is 5. The number of carboxylic acids is 1. The maximum atomic E-state index is 13.6. The number of nitrogens with two attached hydrogens (primary N) is 3. The molecular weight excluding hydrogens is 779 g/mol. The number of aromatic nitrogens is 1. The zero-order chi connectivity index (χ0) is 43.4. The molecule has 7 amide bonds. The molecule has 0 aliphatic heterocycles. The number of ether oxygens (including phenoxy) is 1. The van der Waals surface area contributed by atoms with Gasteiger partial charge in [-0.25, -0.2) is 4.79 Å². The molecule has 0 aliphatic carbocycles. The van der Waals surface area contributed by atoms with E-state index < -0.39 is 96.7 Å². The van der Waals surface area contributed by atoms with E-state index in [0.29, 0.717) is 11.1 Å². The number of aliphatic carboxylic acids is 1. The first-order valence-electron chi connectivity index (χ1n) is 18.3. The third-order valence-corrected chi connectivity index (χ3v) is 9.76. The molecule has 0 aliphatic rings. The van der Waals surface area contributed by atoms with Gasteiger partial charge >= 0.3 is 5.97 Å². The van der Waals surface area contributed by atoms with Crippen LogP contribution in [0.1, 0.15) is 38.3 Å². The Bertz CT molecular complexity index is 1720. The van der Waals surface area contributed by atoms with Crippen molar-refractivity contribution in [2.24, 2.45) is 29.0 Å². The molecule has 2 aromatic rings. The Morgan fingerprint density at radius 2 is 1.22 bits per heavy atom. The minimum atomic E-state index is -1.43. The zero-order valence-corrected chi connectivity index (χ0v) is 33.3. The molecule has 1 aromatic heterocycles. The smallest absolute Gasteiger partial charge is 0.341 e. The predicted molar refractivity (Wildman–Crippen MR) is 211 cm³/mol. The molecule has 0 bridgehead atoms. The number of carbonyl (C=O) groups is 8. The van der Waals surface area contributed by atoms with Crippen molar-refractivity contribution in [3.63, 3.8) is 0 Å². The molecule has 1 heterocycles. The Kier molecular flexibility index (Phi) is 20.6. The highest BCUT2D eigenvalue weighted by atomic mass is 32.2. The summed E-state index contributed by atoms with van der Waals surface area (Å²) in [5, 5.41) is 31.3. The summed E-state index contributed by atoms with van der Waals surface area (Å²) in [6.07, 6.45) is 2.91. The molecule has 1 aromatic carbocycles. The van der Waals surface area contributed by atoms with Crippen molar-refractivity contribution in [2.45, 2.75) is 70.2 Å². The van der Waals surface area contributed by atoms with Crippen LogP contribution in [-0.4, -0.2) is 124 Å². The molecule has 0 spiro atoms. The van der Waals surface area contributed by atoms with Gasteiger partial charge in [0.25, 0.3) is 0 Å². The van der Waals surface area contributed by atoms with Crippen molar-refractivity contribution in [2.75, 3.05) is 31.3 Å². The van der Waals surface area contributed by atoms with Gasteiger partial charge in [0.05, 0.1) is 12.4 Å². The average molecular weight is 832 g/mol. The Balaban J connectivity index is 2.21. The molecular formula is C37H53N9O11S. The SMILES string of the molecule is CC(C)[C@H](C)C(=O)N[C@@H](CO)C(=O)N[C@@H](CSCC(=O)N[C@@H](Cc1ccncc1)C(=O)N[C@@H](Cc1ccc(OCC(=O)O)cc1)C(N)=O)C(=O)N[C@@H](CCN)C(N)=O. The monoisotopic (exact) mass is 831 g/mol. The van der Waals surface area contributed by atoms with Crippen molar-refractivity contribution in [1.82, 2.24) is 31.6 Å². The standard InChI is InChI=1S/C37H53N9O11S/c1-20(2)21(3)34(53)45-28(16-47)36(55)46-29(37(56)43-25(8-11-38)32(39)51)18-58-19-30(48)42-27(15-23-9-12-41-13-10-23)35(54)44-26(33(40)52)14-22-4-6-24(7-5-22)57-17-31(49)50/h4-7,9-10,12-13,20-21,25-29,47H,8,11,14-19,38H2,1-3H3,(H2,39,51)(H2,40,52)(H,42,48)(H,43,56)(H,44,54)(H,45,53)(H,46,55)(H,49,50)/t21-,25-,26-,27-,28-,29-/m0/s1. The number of nitrogens with zero attached hydrogens (tertiary/aromatic N) is 1. The highest BCUT2D eigenvalue weighted by molar-refractivity contribution is 8.00. The van der Waals surface area contributed by atoms with Crippen LogP contribution in [-0.2, 0) is 51.2 Å². The van der Waals surface area contributed by atoms with Gasteiger partial charge in [-0.15, -0.1) is 11.8 Å². The zero-order valence-electron chi connectivity index (χ0n) is 32.5. The van der Waals surface area contributed by atoms with Crippen LogP contribution in [0.3, 0.4) is 0 Å². The summed E-state index contributed by atoms with van der Waals surface area (Å²) in [7, 11) is 0. The number of carboxylic acid groups (broad SMARTS) is 1. The van der Waals surface area contributed by atoms with Gasteiger partial charge in [0.1, 0.15) is 36.0 Å².